The van der Waals surface area contributed by atoms with E-state index in [-0.39, 0.29) is 11.4 Å². The fourth-order valence-electron chi connectivity index (χ4n) is 1.91. The standard InChI is InChI=1S/C14H11ClF3NO3S/c15-10-3-5-11(6-4-10)23(21,22)9-8-19-7-1-2-12(13(19)20)14(16,17)18/h1-7H,8-9H2. The molecule has 0 saturated carbocycles. The number of nitrogens with zero attached hydrogens (tertiary/aromatic N) is 1. The van der Waals surface area contributed by atoms with Crippen molar-refractivity contribution in [2.45, 2.75) is 17.6 Å². The molecule has 0 unspecified atom stereocenters. The minimum atomic E-state index is -4.78. The normalized spacial score (nSPS) is 12.3. The van der Waals surface area contributed by atoms with Crippen LogP contribution in [0.25, 0.3) is 0 Å². The van der Waals surface area contributed by atoms with Gasteiger partial charge in [-0.2, -0.15) is 13.2 Å². The molecule has 0 spiro atoms. The van der Waals surface area contributed by atoms with Crippen LogP contribution in [0.5, 0.6) is 0 Å². The minimum Gasteiger partial charge on any atom is -0.314 e. The van der Waals surface area contributed by atoms with E-state index in [1.54, 1.807) is 0 Å². The fraction of sp³-hybridized carbons (Fsp3) is 0.214. The molecule has 0 radical (unpaired) electrons. The molecule has 9 heteroatoms. The number of hydrogen-bond donors (Lipinski definition) is 0. The Morgan fingerprint density at radius 1 is 1.09 bits per heavy atom. The molecule has 0 aliphatic heterocycles. The lowest BCUT2D eigenvalue weighted by Crippen LogP contribution is -2.29. The van der Waals surface area contributed by atoms with Crippen LogP contribution in [0, 0.1) is 0 Å². The Morgan fingerprint density at radius 2 is 1.70 bits per heavy atom. The first-order valence-corrected chi connectivity index (χ1v) is 8.39. The quantitative estimate of drug-likeness (QED) is 0.837. The number of pyridine rings is 1. The van der Waals surface area contributed by atoms with E-state index in [0.29, 0.717) is 11.1 Å². The van der Waals surface area contributed by atoms with Crippen molar-refractivity contribution in [3.8, 4) is 0 Å². The molecule has 4 nitrogen and oxygen atoms in total. The summed E-state index contributed by atoms with van der Waals surface area (Å²) in [6.07, 6.45) is -3.66. The molecule has 0 aliphatic carbocycles. The number of rotatable bonds is 4. The number of sulfone groups is 1. The molecular weight excluding hydrogens is 355 g/mol. The Kier molecular flexibility index (Phi) is 4.86. The van der Waals surface area contributed by atoms with E-state index in [1.807, 2.05) is 0 Å². The summed E-state index contributed by atoms with van der Waals surface area (Å²) >= 11 is 5.67. The first-order valence-electron chi connectivity index (χ1n) is 6.36. The van der Waals surface area contributed by atoms with Crippen LogP contribution >= 0.6 is 11.6 Å². The number of halogens is 4. The van der Waals surface area contributed by atoms with Crippen LogP contribution in [0.1, 0.15) is 5.56 Å². The highest BCUT2D eigenvalue weighted by Crippen LogP contribution is 2.26. The summed E-state index contributed by atoms with van der Waals surface area (Å²) in [7, 11) is -3.74. The fourth-order valence-corrected chi connectivity index (χ4v) is 3.26. The predicted molar refractivity (Wildman–Crippen MR) is 79.2 cm³/mol. The maximum atomic E-state index is 12.7. The second kappa shape index (κ2) is 6.37. The molecule has 0 atom stereocenters. The van der Waals surface area contributed by atoms with Gasteiger partial charge in [0.1, 0.15) is 5.56 Å². The van der Waals surface area contributed by atoms with Gasteiger partial charge in [0.05, 0.1) is 10.6 Å². The van der Waals surface area contributed by atoms with Crippen molar-refractivity contribution >= 4 is 21.4 Å². The minimum absolute atomic E-state index is 0.0121. The zero-order chi connectivity index (χ0) is 17.3. The Bertz CT molecular complexity index is 858. The number of aryl methyl sites for hydroxylation is 1. The highest BCUT2D eigenvalue weighted by Gasteiger charge is 2.34. The number of hydrogen-bond acceptors (Lipinski definition) is 3. The van der Waals surface area contributed by atoms with Crippen LogP contribution in [0.15, 0.2) is 52.3 Å². The van der Waals surface area contributed by atoms with Crippen LogP contribution in [0.3, 0.4) is 0 Å². The maximum Gasteiger partial charge on any atom is 0.421 e. The molecule has 0 amide bonds. The van der Waals surface area contributed by atoms with Gasteiger partial charge in [-0.3, -0.25) is 4.79 Å². The third-order valence-electron chi connectivity index (χ3n) is 3.10. The summed E-state index contributed by atoms with van der Waals surface area (Å²) in [6, 6.07) is 7.10. The zero-order valence-electron chi connectivity index (χ0n) is 11.5. The van der Waals surface area contributed by atoms with Gasteiger partial charge in [-0.1, -0.05) is 11.6 Å². The van der Waals surface area contributed by atoms with E-state index >= 15 is 0 Å². The van der Waals surface area contributed by atoms with Crippen molar-refractivity contribution < 1.29 is 21.6 Å². The maximum absolute atomic E-state index is 12.7. The number of aromatic nitrogens is 1. The first-order chi connectivity index (χ1) is 10.6. The van der Waals surface area contributed by atoms with Gasteiger partial charge >= 0.3 is 6.18 Å². The molecule has 0 N–H and O–H groups in total. The average Bonchev–Trinajstić information content (AvgIpc) is 2.45. The monoisotopic (exact) mass is 365 g/mol. The van der Waals surface area contributed by atoms with E-state index in [1.165, 1.54) is 24.3 Å². The van der Waals surface area contributed by atoms with Crippen molar-refractivity contribution in [3.63, 3.8) is 0 Å². The van der Waals surface area contributed by atoms with Gasteiger partial charge in [-0.05, 0) is 36.4 Å². The van der Waals surface area contributed by atoms with Gasteiger partial charge in [0, 0.05) is 17.8 Å². The van der Waals surface area contributed by atoms with Crippen LogP contribution in [0.2, 0.25) is 5.02 Å². The first kappa shape index (κ1) is 17.6. The lowest BCUT2D eigenvalue weighted by molar-refractivity contribution is -0.138. The van der Waals surface area contributed by atoms with Crippen molar-refractivity contribution in [2.75, 3.05) is 5.75 Å². The smallest absolute Gasteiger partial charge is 0.314 e. The zero-order valence-corrected chi connectivity index (χ0v) is 13.1. The number of alkyl halides is 3. The van der Waals surface area contributed by atoms with Gasteiger partial charge in [-0.25, -0.2) is 8.42 Å². The Morgan fingerprint density at radius 3 is 2.26 bits per heavy atom. The summed E-state index contributed by atoms with van der Waals surface area (Å²) in [5, 5.41) is 0.359. The number of benzene rings is 1. The molecule has 2 rings (SSSR count). The van der Waals surface area contributed by atoms with Crippen molar-refractivity contribution in [1.82, 2.24) is 4.57 Å². The van der Waals surface area contributed by atoms with Crippen molar-refractivity contribution in [1.29, 1.82) is 0 Å². The van der Waals surface area contributed by atoms with E-state index < -0.39 is 32.9 Å². The lowest BCUT2D eigenvalue weighted by atomic mass is 10.2. The van der Waals surface area contributed by atoms with E-state index in [0.717, 1.165) is 16.8 Å². The molecule has 2 aromatic rings. The second-order valence-electron chi connectivity index (χ2n) is 4.69. The average molecular weight is 366 g/mol. The summed E-state index contributed by atoms with van der Waals surface area (Å²) in [6.45, 7) is -0.381. The third-order valence-corrected chi connectivity index (χ3v) is 5.06. The highest BCUT2D eigenvalue weighted by molar-refractivity contribution is 7.91. The SMILES string of the molecule is O=c1c(C(F)(F)F)cccn1CCS(=O)(=O)c1ccc(Cl)cc1. The highest BCUT2D eigenvalue weighted by atomic mass is 35.5. The molecule has 0 saturated heterocycles. The molecule has 1 aromatic carbocycles. The third kappa shape index (κ3) is 4.14. The molecule has 1 heterocycles. The summed E-state index contributed by atoms with van der Waals surface area (Å²) in [4.78, 5) is 11.7. The summed E-state index contributed by atoms with van der Waals surface area (Å²) in [5.74, 6) is -0.504. The van der Waals surface area contributed by atoms with Gasteiger partial charge in [0.15, 0.2) is 9.84 Å². The Hall–Kier alpha value is -1.80. The lowest BCUT2D eigenvalue weighted by Gasteiger charge is -2.10. The van der Waals surface area contributed by atoms with Gasteiger partial charge in [0.2, 0.25) is 0 Å². The van der Waals surface area contributed by atoms with Crippen LogP contribution in [0.4, 0.5) is 13.2 Å². The van der Waals surface area contributed by atoms with Crippen molar-refractivity contribution in [2.24, 2.45) is 0 Å². The molecule has 23 heavy (non-hydrogen) atoms. The largest absolute Gasteiger partial charge is 0.421 e. The predicted octanol–water partition coefficient (Wildman–Crippen LogP) is 2.99. The van der Waals surface area contributed by atoms with Gasteiger partial charge in [0.25, 0.3) is 5.56 Å². The Labute approximate surface area is 135 Å². The molecule has 124 valence electrons. The van der Waals surface area contributed by atoms with Crippen LogP contribution in [-0.2, 0) is 22.6 Å². The molecular formula is C14H11ClF3NO3S. The molecule has 0 bridgehead atoms. The topological polar surface area (TPSA) is 56.1 Å². The van der Waals surface area contributed by atoms with E-state index in [4.69, 9.17) is 11.6 Å². The molecule has 1 aromatic heterocycles. The van der Waals surface area contributed by atoms with Gasteiger partial charge < -0.3 is 4.57 Å². The summed E-state index contributed by atoms with van der Waals surface area (Å²) in [5.41, 5.74) is -2.60. The second-order valence-corrected chi connectivity index (χ2v) is 7.24. The van der Waals surface area contributed by atoms with Crippen LogP contribution in [-0.4, -0.2) is 18.7 Å². The van der Waals surface area contributed by atoms with E-state index in [9.17, 15) is 26.4 Å². The summed E-state index contributed by atoms with van der Waals surface area (Å²) < 4.78 is 63.0. The van der Waals surface area contributed by atoms with Gasteiger partial charge in [-0.15, -0.1) is 0 Å². The van der Waals surface area contributed by atoms with E-state index in [2.05, 4.69) is 0 Å². The van der Waals surface area contributed by atoms with Crippen molar-refractivity contribution in [3.05, 3.63) is 63.5 Å². The molecule has 0 aliphatic rings. The molecule has 0 fully saturated rings. The Balaban J connectivity index is 2.24. The van der Waals surface area contributed by atoms with Crippen LogP contribution < -0.4 is 5.56 Å².